The predicted molar refractivity (Wildman–Crippen MR) is 174 cm³/mol. The highest BCUT2D eigenvalue weighted by Gasteiger charge is 2.41. The minimum absolute atomic E-state index is 0.0403. The number of fused-ring (bicyclic) bond motifs is 1. The van der Waals surface area contributed by atoms with Crippen LogP contribution in [0.3, 0.4) is 0 Å². The third-order valence-corrected chi connectivity index (χ3v) is 8.17. The highest BCUT2D eigenvalue weighted by molar-refractivity contribution is 5.95. The Hall–Kier alpha value is -5.01. The molecule has 0 N–H and O–H groups in total. The van der Waals surface area contributed by atoms with Crippen LogP contribution >= 0.6 is 0 Å². The van der Waals surface area contributed by atoms with Crippen molar-refractivity contribution in [1.29, 1.82) is 0 Å². The van der Waals surface area contributed by atoms with E-state index in [9.17, 15) is 0 Å². The van der Waals surface area contributed by atoms with E-state index in [2.05, 4.69) is 129 Å². The minimum Gasteiger partial charge on any atom is -0.491 e. The summed E-state index contributed by atoms with van der Waals surface area (Å²) in [6.45, 7) is 6.99. The summed E-state index contributed by atoms with van der Waals surface area (Å²) in [6, 6.07) is 40.2. The van der Waals surface area contributed by atoms with E-state index in [0.717, 1.165) is 63.5 Å². The van der Waals surface area contributed by atoms with Crippen molar-refractivity contribution in [2.75, 3.05) is 31.2 Å². The molecule has 1 aliphatic heterocycles. The molecule has 1 saturated heterocycles. The van der Waals surface area contributed by atoms with Crippen molar-refractivity contribution < 1.29 is 9.47 Å². The van der Waals surface area contributed by atoms with Crippen molar-refractivity contribution in [3.63, 3.8) is 0 Å². The zero-order chi connectivity index (χ0) is 29.9. The maximum atomic E-state index is 6.19. The van der Waals surface area contributed by atoms with Crippen LogP contribution in [0.2, 0.25) is 0 Å². The smallest absolute Gasteiger partial charge is 0.152 e. The van der Waals surface area contributed by atoms with Gasteiger partial charge in [0, 0.05) is 24.0 Å². The Labute approximate surface area is 257 Å². The summed E-state index contributed by atoms with van der Waals surface area (Å²) in [5.41, 5.74) is 5.26. The number of hydrogen-bond donors (Lipinski definition) is 0. The Balaban J connectivity index is 1.55. The number of aromatic nitrogens is 4. The first-order valence-corrected chi connectivity index (χ1v) is 15.2. The fourth-order valence-electron chi connectivity index (χ4n) is 6.25. The largest absolute Gasteiger partial charge is 0.491 e. The summed E-state index contributed by atoms with van der Waals surface area (Å²) in [4.78, 5) is 2.22. The molecule has 1 aliphatic rings. The molecule has 2 aromatic heterocycles. The Morgan fingerprint density at radius 3 is 1.91 bits per heavy atom. The van der Waals surface area contributed by atoms with Gasteiger partial charge in [-0.25, -0.2) is 4.68 Å². The molecule has 7 heteroatoms. The summed E-state index contributed by atoms with van der Waals surface area (Å²) in [7, 11) is 0. The maximum Gasteiger partial charge on any atom is 0.152 e. The standard InChI is InChI=1S/C37H35N5O2/c1-27(2)44-32-18-19-34-33(25-32)36(28-24-35(39-38-26-28)41-20-22-43-23-21-41)40-42(34)37(29-12-6-3-7-13-29,30-14-8-4-9-15-30)31-16-10-5-11-17-31/h3-19,24-27H,20-23H2,1-2H3. The van der Waals surface area contributed by atoms with Gasteiger partial charge in [0.2, 0.25) is 0 Å². The lowest BCUT2D eigenvalue weighted by molar-refractivity contribution is 0.122. The van der Waals surface area contributed by atoms with Gasteiger partial charge in [0.1, 0.15) is 17.0 Å². The Bertz CT molecular complexity index is 1750. The SMILES string of the molecule is CC(C)Oc1ccc2c(c1)c(-c1cnnc(N3CCOCC3)c1)nn2C(c1ccccc1)(c1ccccc1)c1ccccc1. The summed E-state index contributed by atoms with van der Waals surface area (Å²) in [5, 5.41) is 15.4. The molecule has 220 valence electrons. The molecule has 1 fully saturated rings. The first-order valence-electron chi connectivity index (χ1n) is 15.2. The molecule has 0 bridgehead atoms. The number of benzene rings is 4. The molecule has 0 radical (unpaired) electrons. The zero-order valence-corrected chi connectivity index (χ0v) is 25.0. The van der Waals surface area contributed by atoms with Gasteiger partial charge in [0.05, 0.1) is 31.0 Å². The molecule has 4 aromatic carbocycles. The van der Waals surface area contributed by atoms with Crippen LogP contribution in [0.15, 0.2) is 121 Å². The van der Waals surface area contributed by atoms with E-state index in [1.54, 1.807) is 6.20 Å². The summed E-state index contributed by atoms with van der Waals surface area (Å²) >= 11 is 0. The predicted octanol–water partition coefficient (Wildman–Crippen LogP) is 6.96. The molecule has 0 amide bonds. The van der Waals surface area contributed by atoms with Crippen LogP contribution in [0.5, 0.6) is 5.75 Å². The maximum absolute atomic E-state index is 6.19. The monoisotopic (exact) mass is 581 g/mol. The van der Waals surface area contributed by atoms with Gasteiger partial charge in [-0.1, -0.05) is 91.0 Å². The van der Waals surface area contributed by atoms with Crippen LogP contribution in [-0.4, -0.2) is 52.4 Å². The lowest BCUT2D eigenvalue weighted by atomic mass is 9.77. The zero-order valence-electron chi connectivity index (χ0n) is 25.0. The first-order chi connectivity index (χ1) is 21.6. The summed E-state index contributed by atoms with van der Waals surface area (Å²) in [5.74, 6) is 1.62. The Morgan fingerprint density at radius 2 is 1.34 bits per heavy atom. The fourth-order valence-corrected chi connectivity index (χ4v) is 6.25. The highest BCUT2D eigenvalue weighted by atomic mass is 16.5. The number of ether oxygens (including phenoxy) is 2. The lowest BCUT2D eigenvalue weighted by Crippen LogP contribution is -2.38. The van der Waals surface area contributed by atoms with Gasteiger partial charge < -0.3 is 14.4 Å². The number of morpholine rings is 1. The van der Waals surface area contributed by atoms with Crippen LogP contribution in [-0.2, 0) is 10.3 Å². The molecule has 7 rings (SSSR count). The summed E-state index contributed by atoms with van der Waals surface area (Å²) < 4.78 is 14.0. The quantitative estimate of drug-likeness (QED) is 0.181. The Kier molecular flexibility index (Phi) is 7.54. The van der Waals surface area contributed by atoms with Crippen LogP contribution in [0, 0.1) is 0 Å². The van der Waals surface area contributed by atoms with Crippen molar-refractivity contribution >= 4 is 16.7 Å². The molecule has 6 aromatic rings. The third-order valence-electron chi connectivity index (χ3n) is 8.17. The van der Waals surface area contributed by atoms with Crippen LogP contribution < -0.4 is 9.64 Å². The molecule has 0 saturated carbocycles. The fraction of sp³-hybridized carbons (Fsp3) is 0.216. The van der Waals surface area contributed by atoms with Crippen LogP contribution in [0.4, 0.5) is 5.82 Å². The molecule has 0 aliphatic carbocycles. The van der Waals surface area contributed by atoms with Gasteiger partial charge in [-0.15, -0.1) is 5.10 Å². The third kappa shape index (κ3) is 4.99. The molecule has 0 atom stereocenters. The average Bonchev–Trinajstić information content (AvgIpc) is 3.46. The van der Waals surface area contributed by atoms with Crippen molar-refractivity contribution in [2.45, 2.75) is 25.5 Å². The normalized spacial score (nSPS) is 13.8. The van der Waals surface area contributed by atoms with Crippen LogP contribution in [0.1, 0.15) is 30.5 Å². The topological polar surface area (TPSA) is 65.3 Å². The van der Waals surface area contributed by atoms with Crippen molar-refractivity contribution in [3.8, 4) is 17.0 Å². The van der Waals surface area contributed by atoms with Crippen LogP contribution in [0.25, 0.3) is 22.2 Å². The highest BCUT2D eigenvalue weighted by Crippen LogP contribution is 2.44. The second kappa shape index (κ2) is 11.9. The molecule has 0 unspecified atom stereocenters. The van der Waals surface area contributed by atoms with E-state index in [4.69, 9.17) is 14.6 Å². The number of nitrogens with zero attached hydrogens (tertiary/aromatic N) is 5. The van der Waals surface area contributed by atoms with E-state index in [1.807, 2.05) is 19.9 Å². The van der Waals surface area contributed by atoms with Crippen molar-refractivity contribution in [2.24, 2.45) is 0 Å². The number of rotatable bonds is 8. The van der Waals surface area contributed by atoms with Crippen molar-refractivity contribution in [1.82, 2.24) is 20.0 Å². The molecular weight excluding hydrogens is 546 g/mol. The van der Waals surface area contributed by atoms with E-state index in [1.165, 1.54) is 0 Å². The van der Waals surface area contributed by atoms with Gasteiger partial charge in [-0.3, -0.25) is 0 Å². The molecule has 44 heavy (non-hydrogen) atoms. The first kappa shape index (κ1) is 27.8. The van der Waals surface area contributed by atoms with E-state index < -0.39 is 5.54 Å². The second-order valence-electron chi connectivity index (χ2n) is 11.3. The molecule has 0 spiro atoms. The molecule has 7 nitrogen and oxygen atoms in total. The van der Waals surface area contributed by atoms with Gasteiger partial charge in [0.15, 0.2) is 5.82 Å². The minimum atomic E-state index is -0.770. The van der Waals surface area contributed by atoms with E-state index in [0.29, 0.717) is 13.2 Å². The number of hydrogen-bond acceptors (Lipinski definition) is 6. The van der Waals surface area contributed by atoms with Gasteiger partial charge in [-0.2, -0.15) is 10.2 Å². The second-order valence-corrected chi connectivity index (χ2v) is 11.3. The van der Waals surface area contributed by atoms with E-state index >= 15 is 0 Å². The lowest BCUT2D eigenvalue weighted by Gasteiger charge is -2.37. The molecular formula is C37H35N5O2. The van der Waals surface area contributed by atoms with E-state index in [-0.39, 0.29) is 6.10 Å². The van der Waals surface area contributed by atoms with Crippen molar-refractivity contribution in [3.05, 3.63) is 138 Å². The Morgan fingerprint density at radius 1 is 0.750 bits per heavy atom. The van der Waals surface area contributed by atoms with Gasteiger partial charge >= 0.3 is 0 Å². The summed E-state index contributed by atoms with van der Waals surface area (Å²) in [6.07, 6.45) is 1.85. The van der Waals surface area contributed by atoms with Gasteiger partial charge in [0.25, 0.3) is 0 Å². The average molecular weight is 582 g/mol. The molecule has 3 heterocycles. The van der Waals surface area contributed by atoms with Gasteiger partial charge in [-0.05, 0) is 54.8 Å². The number of anilines is 1.